The Labute approximate surface area is 256 Å². The summed E-state index contributed by atoms with van der Waals surface area (Å²) in [7, 11) is -1.80. The van der Waals surface area contributed by atoms with Crippen LogP contribution in [0.5, 0.6) is 0 Å². The lowest BCUT2D eigenvalue weighted by molar-refractivity contribution is -0.146. The van der Waals surface area contributed by atoms with Gasteiger partial charge >= 0.3 is 0 Å². The van der Waals surface area contributed by atoms with Crippen LogP contribution in [0.4, 0.5) is 0 Å². The molecule has 3 rings (SSSR count). The maximum atomic E-state index is 5.91. The fraction of sp³-hybridized carbons (Fsp3) is 0.500. The first-order valence-corrected chi connectivity index (χ1v) is 17.3. The molecule has 0 aliphatic heterocycles. The first-order chi connectivity index (χ1) is 19.0. The molecule has 0 saturated heterocycles. The molecular weight excluding hydrogens is 575 g/mol. The van der Waals surface area contributed by atoms with E-state index in [1.54, 1.807) is 15.9 Å². The minimum Gasteiger partial charge on any atom is -1.00 e. The van der Waals surface area contributed by atoms with E-state index in [0.717, 1.165) is 32.5 Å². The minimum absolute atomic E-state index is 0. The Hall–Kier alpha value is -1.51. The molecule has 0 aromatic heterocycles. The maximum absolute atomic E-state index is 5.91. The number of benzene rings is 3. The van der Waals surface area contributed by atoms with E-state index in [1.165, 1.54) is 61.4 Å². The van der Waals surface area contributed by atoms with Crippen molar-refractivity contribution in [1.29, 1.82) is 0 Å². The standard InChI is InChI=1S/C36H52O2P.BrH/c1-6-27-37-36(38-28-7-2)26-12-10-8-9-11-19-29-39(33-23-16-13-20-30(33)3,34-24-17-14-21-31(34)4)35-25-18-15-22-32(35)5;/h13-18,20-25,36H,6-12,19,26-29H2,1-5H3;1H/q+1;/p-1. The van der Waals surface area contributed by atoms with Gasteiger partial charge in [0, 0.05) is 13.2 Å². The number of halogens is 1. The second-order valence-electron chi connectivity index (χ2n) is 11.0. The average molecular weight is 628 g/mol. The number of hydrogen-bond donors (Lipinski definition) is 0. The van der Waals surface area contributed by atoms with Crippen LogP contribution in [0.2, 0.25) is 0 Å². The number of aryl methyl sites for hydroxylation is 3. The van der Waals surface area contributed by atoms with Crippen molar-refractivity contribution in [3.63, 3.8) is 0 Å². The fourth-order valence-electron chi connectivity index (χ4n) is 5.81. The van der Waals surface area contributed by atoms with Gasteiger partial charge in [-0.15, -0.1) is 0 Å². The lowest BCUT2D eigenvalue weighted by Gasteiger charge is -2.31. The van der Waals surface area contributed by atoms with E-state index >= 15 is 0 Å². The van der Waals surface area contributed by atoms with Crippen molar-refractivity contribution in [2.75, 3.05) is 19.4 Å². The van der Waals surface area contributed by atoms with Crippen LogP contribution in [-0.4, -0.2) is 25.7 Å². The molecule has 3 aromatic rings. The van der Waals surface area contributed by atoms with Gasteiger partial charge in [-0.05, 0) is 94.2 Å². The Morgan fingerprint density at radius 1 is 0.550 bits per heavy atom. The summed E-state index contributed by atoms with van der Waals surface area (Å²) in [6.07, 6.45) is 11.9. The molecule has 0 saturated carbocycles. The summed E-state index contributed by atoms with van der Waals surface area (Å²) < 4.78 is 11.8. The van der Waals surface area contributed by atoms with Gasteiger partial charge in [-0.3, -0.25) is 0 Å². The molecular formula is C36H52BrO2P. The molecule has 0 atom stereocenters. The molecule has 0 heterocycles. The smallest absolute Gasteiger partial charge is 0.157 e. The Bertz CT molecular complexity index is 996. The number of unbranched alkanes of at least 4 members (excludes halogenated alkanes) is 5. The molecule has 0 bridgehead atoms. The van der Waals surface area contributed by atoms with E-state index in [1.807, 2.05) is 0 Å². The van der Waals surface area contributed by atoms with Crippen LogP contribution in [-0.2, 0) is 9.47 Å². The zero-order valence-corrected chi connectivity index (χ0v) is 28.1. The predicted octanol–water partition coefficient (Wildman–Crippen LogP) is 5.82. The van der Waals surface area contributed by atoms with Crippen LogP contribution < -0.4 is 32.9 Å². The lowest BCUT2D eigenvalue weighted by atomic mass is 10.1. The number of rotatable bonds is 18. The van der Waals surface area contributed by atoms with Crippen molar-refractivity contribution in [2.45, 2.75) is 98.7 Å². The summed E-state index contributed by atoms with van der Waals surface area (Å²) in [5, 5.41) is 4.66. The third-order valence-electron chi connectivity index (χ3n) is 7.78. The van der Waals surface area contributed by atoms with Gasteiger partial charge in [-0.25, -0.2) is 0 Å². The molecule has 0 fully saturated rings. The normalized spacial score (nSPS) is 11.6. The first kappa shape index (κ1) is 34.7. The van der Waals surface area contributed by atoms with Crippen molar-refractivity contribution in [3.05, 3.63) is 89.5 Å². The summed E-state index contributed by atoms with van der Waals surface area (Å²) in [6.45, 7) is 12.8. The Morgan fingerprint density at radius 3 is 1.32 bits per heavy atom. The largest absolute Gasteiger partial charge is 1.00 e. The molecule has 0 radical (unpaired) electrons. The summed E-state index contributed by atoms with van der Waals surface area (Å²) in [5.41, 5.74) is 4.26. The highest BCUT2D eigenvalue weighted by Crippen LogP contribution is 2.58. The molecule has 0 unspecified atom stereocenters. The van der Waals surface area contributed by atoms with Gasteiger partial charge < -0.3 is 26.5 Å². The summed E-state index contributed by atoms with van der Waals surface area (Å²) in [4.78, 5) is 0. The van der Waals surface area contributed by atoms with Crippen molar-refractivity contribution in [2.24, 2.45) is 0 Å². The van der Waals surface area contributed by atoms with Crippen molar-refractivity contribution >= 4 is 23.2 Å². The third kappa shape index (κ3) is 9.52. The molecule has 220 valence electrons. The topological polar surface area (TPSA) is 18.5 Å². The first-order valence-electron chi connectivity index (χ1n) is 15.3. The highest BCUT2D eigenvalue weighted by atomic mass is 79.9. The zero-order chi connectivity index (χ0) is 27.9. The van der Waals surface area contributed by atoms with Crippen LogP contribution in [0.1, 0.15) is 88.3 Å². The monoisotopic (exact) mass is 626 g/mol. The molecule has 0 N–H and O–H groups in total. The predicted molar refractivity (Wildman–Crippen MR) is 173 cm³/mol. The molecule has 4 heteroatoms. The van der Waals surface area contributed by atoms with Crippen LogP contribution in [0.15, 0.2) is 72.8 Å². The summed E-state index contributed by atoms with van der Waals surface area (Å²) >= 11 is 0. The van der Waals surface area contributed by atoms with Crippen molar-refractivity contribution in [1.82, 2.24) is 0 Å². The molecule has 0 spiro atoms. The maximum Gasteiger partial charge on any atom is 0.157 e. The fourth-order valence-corrected chi connectivity index (χ4v) is 11.1. The summed E-state index contributed by atoms with van der Waals surface area (Å²) in [5.74, 6) is 0. The second-order valence-corrected chi connectivity index (χ2v) is 14.5. The highest BCUT2D eigenvalue weighted by Gasteiger charge is 2.47. The SMILES string of the molecule is CCCOC(CCCCCCCC[P+](c1ccccc1C)(c1ccccc1C)c1ccccc1C)OCCC.[Br-]. The van der Waals surface area contributed by atoms with Crippen molar-refractivity contribution < 1.29 is 26.5 Å². The number of ether oxygens (including phenoxy) is 2. The van der Waals surface area contributed by atoms with Crippen molar-refractivity contribution in [3.8, 4) is 0 Å². The Balaban J connectivity index is 0.00000560. The van der Waals surface area contributed by atoms with Gasteiger partial charge in [0.05, 0.1) is 6.16 Å². The van der Waals surface area contributed by atoms with E-state index in [2.05, 4.69) is 107 Å². The highest BCUT2D eigenvalue weighted by molar-refractivity contribution is 7.96. The van der Waals surface area contributed by atoms with E-state index < -0.39 is 7.26 Å². The second kappa shape index (κ2) is 18.8. The molecule has 0 amide bonds. The van der Waals surface area contributed by atoms with Crippen LogP contribution in [0.3, 0.4) is 0 Å². The third-order valence-corrected chi connectivity index (χ3v) is 12.7. The quantitative estimate of drug-likeness (QED) is 0.101. The molecule has 3 aromatic carbocycles. The lowest BCUT2D eigenvalue weighted by Crippen LogP contribution is -3.00. The average Bonchev–Trinajstić information content (AvgIpc) is 2.95. The summed E-state index contributed by atoms with van der Waals surface area (Å²) in [6, 6.07) is 27.5. The van der Waals surface area contributed by atoms with Gasteiger partial charge in [-0.2, -0.15) is 0 Å². The van der Waals surface area contributed by atoms with Gasteiger partial charge in [-0.1, -0.05) is 87.7 Å². The number of hydrogen-bond acceptors (Lipinski definition) is 2. The van der Waals surface area contributed by atoms with E-state index in [9.17, 15) is 0 Å². The molecule has 2 nitrogen and oxygen atoms in total. The molecule has 40 heavy (non-hydrogen) atoms. The van der Waals surface area contributed by atoms with E-state index in [0.29, 0.717) is 0 Å². The minimum atomic E-state index is -1.80. The van der Waals surface area contributed by atoms with Gasteiger partial charge in [0.2, 0.25) is 0 Å². The van der Waals surface area contributed by atoms with Crippen LogP contribution >= 0.6 is 7.26 Å². The van der Waals surface area contributed by atoms with Crippen LogP contribution in [0.25, 0.3) is 0 Å². The van der Waals surface area contributed by atoms with Gasteiger partial charge in [0.25, 0.3) is 0 Å². The van der Waals surface area contributed by atoms with Gasteiger partial charge in [0.1, 0.15) is 23.2 Å². The van der Waals surface area contributed by atoms with Crippen LogP contribution in [0, 0.1) is 20.8 Å². The Morgan fingerprint density at radius 2 is 0.925 bits per heavy atom. The van der Waals surface area contributed by atoms with E-state index in [-0.39, 0.29) is 23.3 Å². The Kier molecular flexibility index (Phi) is 16.3. The zero-order valence-electron chi connectivity index (χ0n) is 25.6. The van der Waals surface area contributed by atoms with E-state index in [4.69, 9.17) is 9.47 Å². The molecule has 0 aliphatic rings. The van der Waals surface area contributed by atoms with Gasteiger partial charge in [0.15, 0.2) is 6.29 Å². The molecule has 0 aliphatic carbocycles.